The number of amides is 1. The number of anilines is 1. The molecule has 0 spiro atoms. The van der Waals surface area contributed by atoms with Crippen LogP contribution in [0.5, 0.6) is 0 Å². The molecule has 1 aromatic heterocycles. The van der Waals surface area contributed by atoms with Gasteiger partial charge in [-0.2, -0.15) is 0 Å². The van der Waals surface area contributed by atoms with Crippen LogP contribution in [0.2, 0.25) is 0 Å². The first-order chi connectivity index (χ1) is 8.56. The zero-order valence-corrected chi connectivity index (χ0v) is 10.3. The Morgan fingerprint density at radius 3 is 2.78 bits per heavy atom. The normalized spacial score (nSPS) is 10.1. The molecule has 1 aromatic rings. The molecular weight excluding hydrogens is 234 g/mol. The predicted molar refractivity (Wildman–Crippen MR) is 67.5 cm³/mol. The molecule has 0 aliphatic carbocycles. The van der Waals surface area contributed by atoms with Crippen LogP contribution in [0.15, 0.2) is 18.5 Å². The van der Waals surface area contributed by atoms with E-state index < -0.39 is 11.9 Å². The summed E-state index contributed by atoms with van der Waals surface area (Å²) in [7, 11) is 0. The fourth-order valence-electron chi connectivity index (χ4n) is 1.65. The maximum absolute atomic E-state index is 11.1. The van der Waals surface area contributed by atoms with Crippen molar-refractivity contribution in [3.8, 4) is 0 Å². The first-order valence-corrected chi connectivity index (χ1v) is 5.76. The standard InChI is InChI=1S/C12H17N3O3/c1-2-3-6-15(8-11(13)16)10-4-5-14-7-9(10)12(17)18/h4-5,7H,2-3,6,8H2,1H3,(H2,13,16)(H,17,18). The Morgan fingerprint density at radius 2 is 2.22 bits per heavy atom. The lowest BCUT2D eigenvalue weighted by atomic mass is 10.2. The smallest absolute Gasteiger partial charge is 0.339 e. The molecule has 0 aliphatic rings. The van der Waals surface area contributed by atoms with Crippen molar-refractivity contribution in [2.75, 3.05) is 18.0 Å². The highest BCUT2D eigenvalue weighted by molar-refractivity contribution is 5.94. The summed E-state index contributed by atoms with van der Waals surface area (Å²) >= 11 is 0. The van der Waals surface area contributed by atoms with Crippen LogP contribution in [0, 0.1) is 0 Å². The van der Waals surface area contributed by atoms with Crippen molar-refractivity contribution in [2.45, 2.75) is 19.8 Å². The van der Waals surface area contributed by atoms with Crippen LogP contribution in [0.25, 0.3) is 0 Å². The molecule has 0 radical (unpaired) electrons. The van der Waals surface area contributed by atoms with E-state index in [0.29, 0.717) is 12.2 Å². The van der Waals surface area contributed by atoms with Gasteiger partial charge in [-0.1, -0.05) is 13.3 Å². The van der Waals surface area contributed by atoms with Crippen molar-refractivity contribution in [3.05, 3.63) is 24.0 Å². The first-order valence-electron chi connectivity index (χ1n) is 5.76. The predicted octanol–water partition coefficient (Wildman–Crippen LogP) is 0.872. The summed E-state index contributed by atoms with van der Waals surface area (Å²) in [5.74, 6) is -1.55. The zero-order valence-electron chi connectivity index (χ0n) is 10.3. The van der Waals surface area contributed by atoms with Gasteiger partial charge in [0.2, 0.25) is 5.91 Å². The molecule has 0 aliphatic heterocycles. The Kier molecular flexibility index (Phi) is 5.10. The SMILES string of the molecule is CCCCN(CC(N)=O)c1ccncc1C(=O)O. The van der Waals surface area contributed by atoms with Gasteiger partial charge in [0.25, 0.3) is 0 Å². The molecule has 0 unspecified atom stereocenters. The van der Waals surface area contributed by atoms with Gasteiger partial charge >= 0.3 is 5.97 Å². The molecule has 0 saturated carbocycles. The number of primary amides is 1. The number of nitrogens with zero attached hydrogens (tertiary/aromatic N) is 2. The fraction of sp³-hybridized carbons (Fsp3) is 0.417. The highest BCUT2D eigenvalue weighted by Gasteiger charge is 2.17. The van der Waals surface area contributed by atoms with E-state index in [1.165, 1.54) is 12.4 Å². The number of aromatic carboxylic acids is 1. The number of carbonyl (C=O) groups excluding carboxylic acids is 1. The highest BCUT2D eigenvalue weighted by Crippen LogP contribution is 2.19. The Morgan fingerprint density at radius 1 is 1.50 bits per heavy atom. The van der Waals surface area contributed by atoms with Crippen LogP contribution in [0.1, 0.15) is 30.1 Å². The lowest BCUT2D eigenvalue weighted by Crippen LogP contribution is -2.35. The molecule has 1 rings (SSSR count). The summed E-state index contributed by atoms with van der Waals surface area (Å²) in [5, 5.41) is 9.09. The van der Waals surface area contributed by atoms with Crippen molar-refractivity contribution < 1.29 is 14.7 Å². The second kappa shape index (κ2) is 6.58. The van der Waals surface area contributed by atoms with Gasteiger partial charge in [0, 0.05) is 18.9 Å². The molecule has 0 atom stereocenters. The molecule has 6 nitrogen and oxygen atoms in total. The monoisotopic (exact) mass is 251 g/mol. The van der Waals surface area contributed by atoms with E-state index >= 15 is 0 Å². The number of carbonyl (C=O) groups is 2. The van der Waals surface area contributed by atoms with Gasteiger partial charge < -0.3 is 15.7 Å². The summed E-state index contributed by atoms with van der Waals surface area (Å²) in [6.07, 6.45) is 4.58. The van der Waals surface area contributed by atoms with E-state index in [9.17, 15) is 9.59 Å². The van der Waals surface area contributed by atoms with Gasteiger partial charge in [-0.15, -0.1) is 0 Å². The Labute approximate surface area is 105 Å². The van der Waals surface area contributed by atoms with Crippen LogP contribution in [-0.2, 0) is 4.79 Å². The van der Waals surface area contributed by atoms with Gasteiger partial charge in [0.05, 0.1) is 12.2 Å². The third-order valence-electron chi connectivity index (χ3n) is 2.50. The lowest BCUT2D eigenvalue weighted by Gasteiger charge is -2.24. The minimum Gasteiger partial charge on any atom is -0.478 e. The molecule has 0 fully saturated rings. The van der Waals surface area contributed by atoms with E-state index in [2.05, 4.69) is 4.98 Å². The second-order valence-corrected chi connectivity index (χ2v) is 3.94. The van der Waals surface area contributed by atoms with Crippen molar-refractivity contribution in [2.24, 2.45) is 5.73 Å². The summed E-state index contributed by atoms with van der Waals surface area (Å²) in [6.45, 7) is 2.61. The maximum Gasteiger partial charge on any atom is 0.339 e. The largest absolute Gasteiger partial charge is 0.478 e. The summed E-state index contributed by atoms with van der Waals surface area (Å²) in [4.78, 5) is 27.6. The number of carboxylic acid groups (broad SMARTS) is 1. The quantitative estimate of drug-likeness (QED) is 0.749. The average Bonchev–Trinajstić information content (AvgIpc) is 2.34. The number of unbranched alkanes of at least 4 members (excludes halogenated alkanes) is 1. The highest BCUT2D eigenvalue weighted by atomic mass is 16.4. The van der Waals surface area contributed by atoms with Crippen LogP contribution in [0.4, 0.5) is 5.69 Å². The minimum atomic E-state index is -1.07. The van der Waals surface area contributed by atoms with Gasteiger partial charge in [-0.3, -0.25) is 9.78 Å². The van der Waals surface area contributed by atoms with E-state index in [4.69, 9.17) is 10.8 Å². The molecule has 1 heterocycles. The number of rotatable bonds is 7. The third kappa shape index (κ3) is 3.73. The molecule has 18 heavy (non-hydrogen) atoms. The summed E-state index contributed by atoms with van der Waals surface area (Å²) < 4.78 is 0. The van der Waals surface area contributed by atoms with E-state index in [1.54, 1.807) is 11.0 Å². The third-order valence-corrected chi connectivity index (χ3v) is 2.50. The molecule has 1 amide bonds. The van der Waals surface area contributed by atoms with Crippen LogP contribution in [-0.4, -0.2) is 35.1 Å². The topological polar surface area (TPSA) is 96.5 Å². The Hall–Kier alpha value is -2.11. The number of carboxylic acids is 1. The van der Waals surface area contributed by atoms with Crippen molar-refractivity contribution in [1.29, 1.82) is 0 Å². The number of hydrogen-bond donors (Lipinski definition) is 2. The number of hydrogen-bond acceptors (Lipinski definition) is 4. The Balaban J connectivity index is 3.03. The van der Waals surface area contributed by atoms with Crippen molar-refractivity contribution >= 4 is 17.6 Å². The lowest BCUT2D eigenvalue weighted by molar-refractivity contribution is -0.116. The molecular formula is C12H17N3O3. The summed E-state index contributed by atoms with van der Waals surface area (Å²) in [5.41, 5.74) is 5.74. The van der Waals surface area contributed by atoms with Gasteiger partial charge in [0.15, 0.2) is 0 Å². The number of pyridine rings is 1. The number of aromatic nitrogens is 1. The first kappa shape index (κ1) is 14.0. The molecule has 0 saturated heterocycles. The molecule has 3 N–H and O–H groups in total. The van der Waals surface area contributed by atoms with Crippen LogP contribution < -0.4 is 10.6 Å². The molecule has 0 bridgehead atoms. The van der Waals surface area contributed by atoms with E-state index in [1.807, 2.05) is 6.92 Å². The molecule has 0 aromatic carbocycles. The fourth-order valence-corrected chi connectivity index (χ4v) is 1.65. The van der Waals surface area contributed by atoms with Gasteiger partial charge in [-0.25, -0.2) is 4.79 Å². The minimum absolute atomic E-state index is 0.00426. The van der Waals surface area contributed by atoms with E-state index in [-0.39, 0.29) is 12.1 Å². The summed E-state index contributed by atoms with van der Waals surface area (Å²) in [6, 6.07) is 1.59. The molecule has 6 heteroatoms. The van der Waals surface area contributed by atoms with Gasteiger partial charge in [-0.05, 0) is 12.5 Å². The van der Waals surface area contributed by atoms with E-state index in [0.717, 1.165) is 12.8 Å². The van der Waals surface area contributed by atoms with Gasteiger partial charge in [0.1, 0.15) is 5.56 Å². The average molecular weight is 251 g/mol. The maximum atomic E-state index is 11.1. The Bertz CT molecular complexity index is 434. The second-order valence-electron chi connectivity index (χ2n) is 3.94. The van der Waals surface area contributed by atoms with Crippen LogP contribution >= 0.6 is 0 Å². The molecule has 98 valence electrons. The number of nitrogens with two attached hydrogens (primary N) is 1. The van der Waals surface area contributed by atoms with Crippen molar-refractivity contribution in [3.63, 3.8) is 0 Å². The van der Waals surface area contributed by atoms with Crippen molar-refractivity contribution in [1.82, 2.24) is 4.98 Å². The van der Waals surface area contributed by atoms with Crippen LogP contribution in [0.3, 0.4) is 0 Å². The zero-order chi connectivity index (χ0) is 13.5.